The lowest BCUT2D eigenvalue weighted by atomic mass is 10.1. The number of ether oxygens (including phenoxy) is 1. The Labute approximate surface area is 119 Å². The summed E-state index contributed by atoms with van der Waals surface area (Å²) in [5.41, 5.74) is 0.714. The zero-order chi connectivity index (χ0) is 15.9. The molecule has 0 radical (unpaired) electrons. The Balaban J connectivity index is 2.30. The van der Waals surface area contributed by atoms with E-state index in [1.807, 2.05) is 0 Å². The molecule has 5 nitrogen and oxygen atoms in total. The van der Waals surface area contributed by atoms with Crippen LogP contribution in [0.2, 0.25) is 0 Å². The molecule has 1 aromatic rings. The molecule has 0 fully saturated rings. The number of alkyl halides is 3. The first-order valence-corrected chi connectivity index (χ1v) is 6.07. The van der Waals surface area contributed by atoms with Gasteiger partial charge in [0, 0.05) is 13.1 Å². The monoisotopic (exact) mass is 304 g/mol. The van der Waals surface area contributed by atoms with Gasteiger partial charge in [0.25, 0.3) is 0 Å². The van der Waals surface area contributed by atoms with Gasteiger partial charge in [0.05, 0.1) is 13.5 Å². The van der Waals surface area contributed by atoms with E-state index in [0.29, 0.717) is 11.3 Å². The summed E-state index contributed by atoms with van der Waals surface area (Å²) in [4.78, 5) is 22.1. The first kappa shape index (κ1) is 16.8. The number of hydrogen-bond donors (Lipinski definition) is 2. The molecule has 0 spiro atoms. The number of amides is 2. The fraction of sp³-hybridized carbons (Fsp3) is 0.385. The second-order valence-electron chi connectivity index (χ2n) is 4.13. The van der Waals surface area contributed by atoms with E-state index in [1.165, 1.54) is 7.11 Å². The quantitative estimate of drug-likeness (QED) is 0.772. The molecular weight excluding hydrogens is 289 g/mol. The van der Waals surface area contributed by atoms with Crippen molar-refractivity contribution in [1.29, 1.82) is 0 Å². The van der Waals surface area contributed by atoms with Crippen LogP contribution in [-0.4, -0.2) is 38.2 Å². The summed E-state index contributed by atoms with van der Waals surface area (Å²) in [7, 11) is 1.50. The molecule has 1 rings (SSSR count). The van der Waals surface area contributed by atoms with E-state index in [9.17, 15) is 22.8 Å². The summed E-state index contributed by atoms with van der Waals surface area (Å²) < 4.78 is 40.7. The number of benzene rings is 1. The van der Waals surface area contributed by atoms with Crippen LogP contribution in [0.1, 0.15) is 5.56 Å². The molecule has 0 unspecified atom stereocenters. The van der Waals surface area contributed by atoms with E-state index in [4.69, 9.17) is 4.74 Å². The first-order valence-electron chi connectivity index (χ1n) is 6.07. The third-order valence-corrected chi connectivity index (χ3v) is 2.49. The van der Waals surface area contributed by atoms with E-state index in [1.54, 1.807) is 29.6 Å². The van der Waals surface area contributed by atoms with Crippen LogP contribution in [0, 0.1) is 0 Å². The van der Waals surface area contributed by atoms with Gasteiger partial charge in [-0.05, 0) is 17.7 Å². The summed E-state index contributed by atoms with van der Waals surface area (Å²) in [6.07, 6.45) is -4.84. The highest BCUT2D eigenvalue weighted by Crippen LogP contribution is 2.14. The summed E-state index contributed by atoms with van der Waals surface area (Å²) in [6, 6.07) is 6.87. The number of rotatable bonds is 6. The van der Waals surface area contributed by atoms with Crippen LogP contribution in [0.5, 0.6) is 5.75 Å². The van der Waals surface area contributed by atoms with Gasteiger partial charge < -0.3 is 15.4 Å². The molecule has 0 aromatic heterocycles. The molecule has 2 N–H and O–H groups in total. The predicted octanol–water partition coefficient (Wildman–Crippen LogP) is 1.03. The van der Waals surface area contributed by atoms with Gasteiger partial charge in [0.15, 0.2) is 0 Å². The lowest BCUT2D eigenvalue weighted by molar-refractivity contribution is -0.173. The van der Waals surface area contributed by atoms with Crippen molar-refractivity contribution in [1.82, 2.24) is 10.6 Å². The number of carbonyl (C=O) groups is 2. The van der Waals surface area contributed by atoms with Gasteiger partial charge in [0.1, 0.15) is 5.75 Å². The molecule has 8 heteroatoms. The van der Waals surface area contributed by atoms with Crippen LogP contribution >= 0.6 is 0 Å². The molecule has 0 aliphatic carbocycles. The fourth-order valence-electron chi connectivity index (χ4n) is 1.51. The van der Waals surface area contributed by atoms with Crippen molar-refractivity contribution in [2.75, 3.05) is 20.2 Å². The second kappa shape index (κ2) is 7.51. The normalized spacial score (nSPS) is 10.9. The molecular formula is C13H15F3N2O3. The van der Waals surface area contributed by atoms with E-state index in [2.05, 4.69) is 5.32 Å². The minimum atomic E-state index is -4.91. The van der Waals surface area contributed by atoms with Gasteiger partial charge in [-0.1, -0.05) is 12.1 Å². The Kier molecular flexibility index (Phi) is 6.01. The van der Waals surface area contributed by atoms with E-state index in [0.717, 1.165) is 0 Å². The SMILES string of the molecule is COc1cccc(CC(=O)NCCNC(=O)C(F)(F)F)c1. The Morgan fingerprint density at radius 3 is 2.48 bits per heavy atom. The molecule has 0 aliphatic heterocycles. The second-order valence-corrected chi connectivity index (χ2v) is 4.13. The van der Waals surface area contributed by atoms with Crippen molar-refractivity contribution in [3.63, 3.8) is 0 Å². The molecule has 1 aromatic carbocycles. The van der Waals surface area contributed by atoms with Crippen LogP contribution in [0.25, 0.3) is 0 Å². The van der Waals surface area contributed by atoms with Crippen LogP contribution in [0.4, 0.5) is 13.2 Å². The minimum absolute atomic E-state index is 0.0738. The Morgan fingerprint density at radius 2 is 1.86 bits per heavy atom. The molecule has 0 aliphatic rings. The summed E-state index contributed by atoms with van der Waals surface area (Å²) in [5.74, 6) is -1.77. The molecule has 2 amide bonds. The van der Waals surface area contributed by atoms with Crippen molar-refractivity contribution in [3.8, 4) is 5.75 Å². The van der Waals surface area contributed by atoms with E-state index >= 15 is 0 Å². The predicted molar refractivity (Wildman–Crippen MR) is 68.8 cm³/mol. The number of halogens is 3. The average molecular weight is 304 g/mol. The van der Waals surface area contributed by atoms with Crippen LogP contribution in [0.15, 0.2) is 24.3 Å². The first-order chi connectivity index (χ1) is 9.82. The van der Waals surface area contributed by atoms with Crippen molar-refractivity contribution >= 4 is 11.8 Å². The molecule has 0 bridgehead atoms. The van der Waals surface area contributed by atoms with Gasteiger partial charge in [-0.3, -0.25) is 9.59 Å². The van der Waals surface area contributed by atoms with Gasteiger partial charge in [-0.2, -0.15) is 13.2 Å². The largest absolute Gasteiger partial charge is 0.497 e. The lowest BCUT2D eigenvalue weighted by Gasteiger charge is -2.09. The van der Waals surface area contributed by atoms with Crippen molar-refractivity contribution in [2.24, 2.45) is 0 Å². The van der Waals surface area contributed by atoms with Crippen molar-refractivity contribution < 1.29 is 27.5 Å². The van der Waals surface area contributed by atoms with E-state index in [-0.39, 0.29) is 25.4 Å². The lowest BCUT2D eigenvalue weighted by Crippen LogP contribution is -2.41. The molecule has 116 valence electrons. The molecule has 0 saturated heterocycles. The number of carbonyl (C=O) groups excluding carboxylic acids is 2. The minimum Gasteiger partial charge on any atom is -0.497 e. The highest BCUT2D eigenvalue weighted by molar-refractivity contribution is 5.82. The third kappa shape index (κ3) is 6.15. The summed E-state index contributed by atoms with van der Waals surface area (Å²) >= 11 is 0. The van der Waals surface area contributed by atoms with Crippen LogP contribution in [-0.2, 0) is 16.0 Å². The van der Waals surface area contributed by atoms with Crippen LogP contribution < -0.4 is 15.4 Å². The Hall–Kier alpha value is -2.25. The average Bonchev–Trinajstić information content (AvgIpc) is 2.42. The Morgan fingerprint density at radius 1 is 1.19 bits per heavy atom. The summed E-state index contributed by atoms with van der Waals surface area (Å²) in [6.45, 7) is -0.368. The molecule has 0 saturated carbocycles. The topological polar surface area (TPSA) is 67.4 Å². The van der Waals surface area contributed by atoms with E-state index < -0.39 is 12.1 Å². The summed E-state index contributed by atoms with van der Waals surface area (Å²) in [5, 5.41) is 4.08. The number of hydrogen-bond acceptors (Lipinski definition) is 3. The molecule has 0 atom stereocenters. The zero-order valence-corrected chi connectivity index (χ0v) is 11.3. The highest BCUT2D eigenvalue weighted by atomic mass is 19.4. The standard InChI is InChI=1S/C13H15F3N2O3/c1-21-10-4-2-3-9(7-10)8-11(19)17-5-6-18-12(20)13(14,15)16/h2-4,7H,5-6,8H2,1H3,(H,17,19)(H,18,20). The van der Waals surface area contributed by atoms with Crippen molar-refractivity contribution in [2.45, 2.75) is 12.6 Å². The smallest absolute Gasteiger partial charge is 0.471 e. The van der Waals surface area contributed by atoms with Crippen molar-refractivity contribution in [3.05, 3.63) is 29.8 Å². The number of nitrogens with one attached hydrogen (secondary N) is 2. The van der Waals surface area contributed by atoms with Gasteiger partial charge >= 0.3 is 12.1 Å². The molecule has 0 heterocycles. The van der Waals surface area contributed by atoms with Gasteiger partial charge in [-0.15, -0.1) is 0 Å². The fourth-order valence-corrected chi connectivity index (χ4v) is 1.51. The maximum atomic E-state index is 11.9. The maximum Gasteiger partial charge on any atom is 0.471 e. The van der Waals surface area contributed by atoms with Gasteiger partial charge in [0.2, 0.25) is 5.91 Å². The van der Waals surface area contributed by atoms with Crippen LogP contribution in [0.3, 0.4) is 0 Å². The third-order valence-electron chi connectivity index (χ3n) is 2.49. The maximum absolute atomic E-state index is 11.9. The number of methoxy groups -OCH3 is 1. The van der Waals surface area contributed by atoms with Gasteiger partial charge in [-0.25, -0.2) is 0 Å². The molecule has 21 heavy (non-hydrogen) atoms. The zero-order valence-electron chi connectivity index (χ0n) is 11.3. The highest BCUT2D eigenvalue weighted by Gasteiger charge is 2.38. The Bertz CT molecular complexity index is 504.